The molecule has 0 aromatic carbocycles. The van der Waals surface area contributed by atoms with E-state index in [2.05, 4.69) is 32.7 Å². The van der Waals surface area contributed by atoms with Crippen LogP contribution in [0.4, 0.5) is 0 Å². The summed E-state index contributed by atoms with van der Waals surface area (Å²) in [5, 5.41) is 12.9. The zero-order chi connectivity index (χ0) is 12.7. The highest BCUT2D eigenvalue weighted by Crippen LogP contribution is 2.15. The van der Waals surface area contributed by atoms with Gasteiger partial charge in [0.05, 0.1) is 17.4 Å². The van der Waals surface area contributed by atoms with Crippen LogP contribution in [-0.4, -0.2) is 49.3 Å². The number of oxime groups is 1. The van der Waals surface area contributed by atoms with Crippen molar-refractivity contribution >= 4 is 40.9 Å². The standard InChI is InChI=1S/C10H18N4OS2.ClH/c1-4-14(5-2)6-7-16-10(11-15)9-8(3)12-17-13-9;/h15H,4-7H2,1-3H3;1H/b11-10+;. The summed E-state index contributed by atoms with van der Waals surface area (Å²) >= 11 is 2.66. The Labute approximate surface area is 122 Å². The Morgan fingerprint density at radius 3 is 2.50 bits per heavy atom. The summed E-state index contributed by atoms with van der Waals surface area (Å²) < 4.78 is 8.21. The fourth-order valence-corrected chi connectivity index (χ4v) is 2.92. The summed E-state index contributed by atoms with van der Waals surface area (Å²) in [6.45, 7) is 9.22. The van der Waals surface area contributed by atoms with Crippen LogP contribution in [0.15, 0.2) is 5.16 Å². The van der Waals surface area contributed by atoms with E-state index in [1.807, 2.05) is 6.92 Å². The highest BCUT2D eigenvalue weighted by Gasteiger charge is 2.13. The Kier molecular flexibility index (Phi) is 9.35. The summed E-state index contributed by atoms with van der Waals surface area (Å²) in [6.07, 6.45) is 0. The fourth-order valence-electron chi connectivity index (χ4n) is 1.38. The minimum atomic E-state index is 0. The van der Waals surface area contributed by atoms with Crippen LogP contribution in [0.1, 0.15) is 25.2 Å². The monoisotopic (exact) mass is 310 g/mol. The number of hydrogen-bond acceptors (Lipinski definition) is 7. The molecular formula is C10H19ClN4OS2. The predicted octanol–water partition coefficient (Wildman–Crippen LogP) is 2.48. The minimum Gasteiger partial charge on any atom is -0.410 e. The number of thioether (sulfide) groups is 1. The number of nitrogens with zero attached hydrogens (tertiary/aromatic N) is 4. The molecule has 104 valence electrons. The molecule has 1 N–H and O–H groups in total. The average molecular weight is 311 g/mol. The molecule has 1 aromatic heterocycles. The molecule has 0 aliphatic rings. The van der Waals surface area contributed by atoms with Gasteiger partial charge in [0.15, 0.2) is 5.04 Å². The Morgan fingerprint density at radius 2 is 2.06 bits per heavy atom. The van der Waals surface area contributed by atoms with Gasteiger partial charge >= 0.3 is 0 Å². The zero-order valence-corrected chi connectivity index (χ0v) is 13.2. The van der Waals surface area contributed by atoms with Gasteiger partial charge in [-0.2, -0.15) is 8.75 Å². The van der Waals surface area contributed by atoms with Gasteiger partial charge in [0.1, 0.15) is 5.69 Å². The molecule has 0 saturated carbocycles. The van der Waals surface area contributed by atoms with Gasteiger partial charge in [0.25, 0.3) is 0 Å². The highest BCUT2D eigenvalue weighted by molar-refractivity contribution is 8.14. The Bertz CT molecular complexity index is 369. The third kappa shape index (κ3) is 5.09. The van der Waals surface area contributed by atoms with Gasteiger partial charge < -0.3 is 10.1 Å². The fraction of sp³-hybridized carbons (Fsp3) is 0.700. The Hall–Kier alpha value is -0.370. The number of aromatic nitrogens is 2. The first-order valence-corrected chi connectivity index (χ1v) is 7.31. The van der Waals surface area contributed by atoms with Crippen LogP contribution in [-0.2, 0) is 0 Å². The summed E-state index contributed by atoms with van der Waals surface area (Å²) in [5.74, 6) is 0.887. The van der Waals surface area contributed by atoms with Crippen LogP contribution in [0.3, 0.4) is 0 Å². The van der Waals surface area contributed by atoms with Gasteiger partial charge in [-0.25, -0.2) is 0 Å². The molecule has 8 heteroatoms. The largest absolute Gasteiger partial charge is 0.410 e. The summed E-state index contributed by atoms with van der Waals surface area (Å²) in [5.41, 5.74) is 1.51. The maximum atomic E-state index is 8.99. The van der Waals surface area contributed by atoms with Crippen molar-refractivity contribution in [1.82, 2.24) is 13.6 Å². The lowest BCUT2D eigenvalue weighted by Crippen LogP contribution is -2.25. The minimum absolute atomic E-state index is 0. The van der Waals surface area contributed by atoms with Crippen molar-refractivity contribution in [2.75, 3.05) is 25.4 Å². The molecule has 0 aliphatic heterocycles. The molecule has 1 rings (SSSR count). The topological polar surface area (TPSA) is 61.6 Å². The van der Waals surface area contributed by atoms with E-state index < -0.39 is 0 Å². The van der Waals surface area contributed by atoms with Crippen LogP contribution < -0.4 is 0 Å². The van der Waals surface area contributed by atoms with Crippen LogP contribution >= 0.6 is 35.9 Å². The SMILES string of the molecule is CCN(CC)CCS/C(=N/O)c1nsnc1C.Cl. The first kappa shape index (κ1) is 17.6. The van der Waals surface area contributed by atoms with Crippen molar-refractivity contribution < 1.29 is 5.21 Å². The lowest BCUT2D eigenvalue weighted by Gasteiger charge is -2.17. The van der Waals surface area contributed by atoms with E-state index in [0.717, 1.165) is 42.8 Å². The second-order valence-electron chi connectivity index (χ2n) is 3.48. The van der Waals surface area contributed by atoms with E-state index >= 15 is 0 Å². The van der Waals surface area contributed by atoms with Crippen LogP contribution in [0.2, 0.25) is 0 Å². The van der Waals surface area contributed by atoms with Crippen molar-refractivity contribution in [2.24, 2.45) is 5.16 Å². The van der Waals surface area contributed by atoms with Crippen LogP contribution in [0.25, 0.3) is 0 Å². The molecule has 18 heavy (non-hydrogen) atoms. The summed E-state index contributed by atoms with van der Waals surface area (Å²) in [6, 6.07) is 0. The van der Waals surface area contributed by atoms with Crippen molar-refractivity contribution in [1.29, 1.82) is 0 Å². The maximum absolute atomic E-state index is 8.99. The molecule has 0 saturated heterocycles. The lowest BCUT2D eigenvalue weighted by molar-refractivity contribution is 0.320. The molecule has 0 spiro atoms. The molecule has 1 heterocycles. The molecular weight excluding hydrogens is 292 g/mol. The van der Waals surface area contributed by atoms with Gasteiger partial charge in [-0.15, -0.1) is 12.4 Å². The van der Waals surface area contributed by atoms with E-state index in [9.17, 15) is 0 Å². The number of hydrogen-bond donors (Lipinski definition) is 1. The summed E-state index contributed by atoms with van der Waals surface area (Å²) in [4.78, 5) is 2.33. The van der Waals surface area contributed by atoms with Crippen LogP contribution in [0.5, 0.6) is 0 Å². The molecule has 5 nitrogen and oxygen atoms in total. The van der Waals surface area contributed by atoms with Crippen molar-refractivity contribution in [2.45, 2.75) is 20.8 Å². The van der Waals surface area contributed by atoms with Crippen molar-refractivity contribution in [3.05, 3.63) is 11.4 Å². The zero-order valence-electron chi connectivity index (χ0n) is 10.8. The smallest absolute Gasteiger partial charge is 0.164 e. The maximum Gasteiger partial charge on any atom is 0.164 e. The lowest BCUT2D eigenvalue weighted by atomic mass is 10.4. The van der Waals surface area contributed by atoms with Crippen LogP contribution in [0, 0.1) is 6.92 Å². The molecule has 1 aromatic rings. The Morgan fingerprint density at radius 1 is 1.39 bits per heavy atom. The van der Waals surface area contributed by atoms with Crippen molar-refractivity contribution in [3.8, 4) is 0 Å². The van der Waals surface area contributed by atoms with Gasteiger partial charge in [-0.05, 0) is 20.0 Å². The van der Waals surface area contributed by atoms with Crippen molar-refractivity contribution in [3.63, 3.8) is 0 Å². The molecule has 0 aliphatic carbocycles. The quantitative estimate of drug-likeness (QED) is 0.378. The number of rotatable bonds is 6. The molecule has 0 bridgehead atoms. The van der Waals surface area contributed by atoms with Gasteiger partial charge in [0.2, 0.25) is 0 Å². The second kappa shape index (κ2) is 9.55. The molecule has 0 amide bonds. The van der Waals surface area contributed by atoms with E-state index in [4.69, 9.17) is 5.21 Å². The third-order valence-electron chi connectivity index (χ3n) is 2.49. The first-order valence-electron chi connectivity index (χ1n) is 5.59. The average Bonchev–Trinajstić information content (AvgIpc) is 2.76. The van der Waals surface area contributed by atoms with Gasteiger partial charge in [0, 0.05) is 12.3 Å². The molecule has 0 fully saturated rings. The Balaban J connectivity index is 0.00000289. The van der Waals surface area contributed by atoms with Gasteiger partial charge in [-0.3, -0.25) is 0 Å². The normalized spacial score (nSPS) is 11.7. The van der Waals surface area contributed by atoms with Gasteiger partial charge in [-0.1, -0.05) is 30.8 Å². The second-order valence-corrected chi connectivity index (χ2v) is 5.09. The molecule has 0 radical (unpaired) electrons. The summed E-state index contributed by atoms with van der Waals surface area (Å²) in [7, 11) is 0. The molecule has 0 atom stereocenters. The van der Waals surface area contributed by atoms with E-state index in [1.54, 1.807) is 0 Å². The molecule has 0 unspecified atom stereocenters. The highest BCUT2D eigenvalue weighted by atomic mass is 35.5. The first-order chi connectivity index (χ1) is 8.22. The van der Waals surface area contributed by atoms with E-state index in [-0.39, 0.29) is 12.4 Å². The van der Waals surface area contributed by atoms with E-state index in [1.165, 1.54) is 11.8 Å². The third-order valence-corrected chi connectivity index (χ3v) is 4.04. The predicted molar refractivity (Wildman–Crippen MR) is 80.5 cm³/mol. The van der Waals surface area contributed by atoms with E-state index in [0.29, 0.717) is 10.7 Å². The number of aryl methyl sites for hydroxylation is 1. The number of halogens is 1.